The molecule has 1 aromatic carbocycles. The van der Waals surface area contributed by atoms with Crippen molar-refractivity contribution < 1.29 is 4.79 Å². The molecule has 0 atom stereocenters. The summed E-state index contributed by atoms with van der Waals surface area (Å²) in [7, 11) is 0. The molecule has 0 radical (unpaired) electrons. The normalized spacial score (nSPS) is 13.6. The lowest BCUT2D eigenvalue weighted by molar-refractivity contribution is -0.130. The first-order valence-corrected chi connectivity index (χ1v) is 9.01. The first kappa shape index (κ1) is 15.8. The maximum Gasteiger partial charge on any atom is 0.248 e. The summed E-state index contributed by atoms with van der Waals surface area (Å²) in [5, 5.41) is 16.8. The van der Waals surface area contributed by atoms with Gasteiger partial charge in [0.25, 0.3) is 0 Å². The predicted octanol–water partition coefficient (Wildman–Crippen LogP) is 2.03. The minimum absolute atomic E-state index is 0.0512. The molecule has 128 valence electrons. The van der Waals surface area contributed by atoms with E-state index in [4.69, 9.17) is 0 Å². The van der Waals surface area contributed by atoms with Gasteiger partial charge in [0.15, 0.2) is 0 Å². The number of nitrogens with one attached hydrogen (secondary N) is 1. The zero-order valence-electron chi connectivity index (χ0n) is 13.8. The van der Waals surface area contributed by atoms with Gasteiger partial charge >= 0.3 is 0 Å². The lowest BCUT2D eigenvalue weighted by Gasteiger charge is -2.27. The van der Waals surface area contributed by atoms with Gasteiger partial charge in [0.2, 0.25) is 11.9 Å². The summed E-state index contributed by atoms with van der Waals surface area (Å²) < 4.78 is 1.60. The van der Waals surface area contributed by atoms with Crippen molar-refractivity contribution in [3.05, 3.63) is 51.7 Å². The van der Waals surface area contributed by atoms with Crippen LogP contribution in [-0.4, -0.2) is 44.1 Å². The summed E-state index contributed by atoms with van der Waals surface area (Å²) in [5.74, 6) is 0.515. The number of nitrogens with zero attached hydrogens (tertiary/aromatic N) is 5. The van der Waals surface area contributed by atoms with E-state index in [-0.39, 0.29) is 12.5 Å². The second-order valence-electron chi connectivity index (χ2n) is 6.04. The average Bonchev–Trinajstić information content (AvgIpc) is 3.28. The number of hydrogen-bond acceptors (Lipinski definition) is 6. The second-order valence-corrected chi connectivity index (χ2v) is 7.04. The van der Waals surface area contributed by atoms with Crippen molar-refractivity contribution in [3.8, 4) is 5.69 Å². The van der Waals surface area contributed by atoms with Crippen LogP contribution in [0.5, 0.6) is 0 Å². The zero-order valence-corrected chi connectivity index (χ0v) is 14.7. The number of rotatable bonds is 4. The molecule has 2 aromatic heterocycles. The first-order valence-electron chi connectivity index (χ1n) is 8.13. The summed E-state index contributed by atoms with van der Waals surface area (Å²) in [5.41, 5.74) is 3.28. The quantitative estimate of drug-likeness (QED) is 0.776. The Kier molecular flexibility index (Phi) is 4.19. The molecule has 0 saturated carbocycles. The molecule has 1 N–H and O–H groups in total. The van der Waals surface area contributed by atoms with Gasteiger partial charge in [-0.3, -0.25) is 4.79 Å². The Morgan fingerprint density at radius 1 is 1.28 bits per heavy atom. The van der Waals surface area contributed by atoms with Crippen molar-refractivity contribution in [2.24, 2.45) is 0 Å². The van der Waals surface area contributed by atoms with E-state index >= 15 is 0 Å². The van der Waals surface area contributed by atoms with Crippen LogP contribution in [0.2, 0.25) is 0 Å². The number of benzene rings is 1. The Morgan fingerprint density at radius 3 is 2.96 bits per heavy atom. The molecule has 0 aliphatic carbocycles. The fourth-order valence-electron chi connectivity index (χ4n) is 2.89. The van der Waals surface area contributed by atoms with Crippen molar-refractivity contribution >= 4 is 23.2 Å². The molecule has 8 heteroatoms. The summed E-state index contributed by atoms with van der Waals surface area (Å²) in [6.07, 6.45) is 0.930. The van der Waals surface area contributed by atoms with Crippen molar-refractivity contribution in [2.45, 2.75) is 19.9 Å². The van der Waals surface area contributed by atoms with E-state index < -0.39 is 0 Å². The summed E-state index contributed by atoms with van der Waals surface area (Å²) in [6, 6.07) is 9.99. The van der Waals surface area contributed by atoms with Crippen LogP contribution in [0.1, 0.15) is 16.0 Å². The van der Waals surface area contributed by atoms with E-state index in [9.17, 15) is 4.79 Å². The number of fused-ring (bicyclic) bond motifs is 1. The van der Waals surface area contributed by atoms with Crippen LogP contribution in [0.15, 0.2) is 35.7 Å². The highest BCUT2D eigenvalue weighted by molar-refractivity contribution is 7.10. The molecule has 0 spiro atoms. The number of aryl methyl sites for hydroxylation is 1. The first-order chi connectivity index (χ1) is 12.2. The largest absolute Gasteiger partial charge is 0.344 e. The van der Waals surface area contributed by atoms with E-state index in [2.05, 4.69) is 32.3 Å². The minimum Gasteiger partial charge on any atom is -0.344 e. The van der Waals surface area contributed by atoms with Gasteiger partial charge in [0.1, 0.15) is 0 Å². The molecule has 4 rings (SSSR count). The van der Waals surface area contributed by atoms with Crippen LogP contribution < -0.4 is 5.32 Å². The third-order valence-electron chi connectivity index (χ3n) is 4.31. The molecule has 3 heterocycles. The molecule has 0 bridgehead atoms. The highest BCUT2D eigenvalue weighted by atomic mass is 32.1. The van der Waals surface area contributed by atoms with E-state index in [0.29, 0.717) is 12.5 Å². The maximum atomic E-state index is 12.5. The number of thiophene rings is 1. The highest BCUT2D eigenvalue weighted by Crippen LogP contribution is 2.24. The topological polar surface area (TPSA) is 75.9 Å². The molecule has 0 unspecified atom stereocenters. The van der Waals surface area contributed by atoms with Crippen molar-refractivity contribution in [1.82, 2.24) is 25.1 Å². The van der Waals surface area contributed by atoms with E-state index in [1.807, 2.05) is 36.1 Å². The van der Waals surface area contributed by atoms with Crippen LogP contribution in [0.4, 0.5) is 5.95 Å². The molecular formula is C17H18N6OS. The molecule has 1 aliphatic heterocycles. The maximum absolute atomic E-state index is 12.5. The number of anilines is 1. The van der Waals surface area contributed by atoms with Crippen molar-refractivity contribution in [1.29, 1.82) is 0 Å². The number of carbonyl (C=O) groups excluding carboxylic acids is 1. The monoisotopic (exact) mass is 354 g/mol. The molecule has 3 aromatic rings. The Labute approximate surface area is 149 Å². The van der Waals surface area contributed by atoms with Gasteiger partial charge in [0.05, 0.1) is 12.2 Å². The van der Waals surface area contributed by atoms with E-state index in [0.717, 1.165) is 18.7 Å². The summed E-state index contributed by atoms with van der Waals surface area (Å²) in [6.45, 7) is 3.64. The van der Waals surface area contributed by atoms with Gasteiger partial charge < -0.3 is 10.2 Å². The number of carbonyl (C=O) groups is 1. The van der Waals surface area contributed by atoms with Crippen LogP contribution in [0, 0.1) is 6.92 Å². The minimum atomic E-state index is 0.0512. The van der Waals surface area contributed by atoms with Crippen LogP contribution in [-0.2, 0) is 17.8 Å². The lowest BCUT2D eigenvalue weighted by Crippen LogP contribution is -2.39. The van der Waals surface area contributed by atoms with Gasteiger partial charge in [-0.25, -0.2) is 0 Å². The fraction of sp³-hybridized carbons (Fsp3) is 0.294. The van der Waals surface area contributed by atoms with Crippen LogP contribution in [0.25, 0.3) is 5.69 Å². The SMILES string of the molecule is Cc1ccc(-n2nnnc2NCC(=O)N2CCc3sccc3C2)cc1. The molecule has 7 nitrogen and oxygen atoms in total. The third-order valence-corrected chi connectivity index (χ3v) is 5.33. The second kappa shape index (κ2) is 6.64. The molecule has 1 amide bonds. The Balaban J connectivity index is 1.41. The van der Waals surface area contributed by atoms with E-state index in [1.54, 1.807) is 16.0 Å². The molecule has 25 heavy (non-hydrogen) atoms. The summed E-state index contributed by atoms with van der Waals surface area (Å²) >= 11 is 1.77. The molecule has 1 aliphatic rings. The number of tetrazole rings is 1. The van der Waals surface area contributed by atoms with Crippen molar-refractivity contribution in [2.75, 3.05) is 18.4 Å². The van der Waals surface area contributed by atoms with Gasteiger partial charge in [-0.05, 0) is 52.9 Å². The van der Waals surface area contributed by atoms with Crippen LogP contribution in [0.3, 0.4) is 0 Å². The number of aromatic nitrogens is 4. The van der Waals surface area contributed by atoms with Crippen LogP contribution >= 0.6 is 11.3 Å². The van der Waals surface area contributed by atoms with Gasteiger partial charge in [-0.2, -0.15) is 4.68 Å². The number of amides is 1. The lowest BCUT2D eigenvalue weighted by atomic mass is 10.1. The Hall–Kier alpha value is -2.74. The number of hydrogen-bond donors (Lipinski definition) is 1. The highest BCUT2D eigenvalue weighted by Gasteiger charge is 2.21. The third kappa shape index (κ3) is 3.25. The van der Waals surface area contributed by atoms with Gasteiger partial charge in [-0.15, -0.1) is 11.3 Å². The molecule has 0 saturated heterocycles. The van der Waals surface area contributed by atoms with Gasteiger partial charge in [0, 0.05) is 18.0 Å². The standard InChI is InChI=1S/C17H18N6OS/c1-12-2-4-14(5-3-12)23-17(19-20-21-23)18-10-16(24)22-8-6-15-13(11-22)7-9-25-15/h2-5,7,9H,6,8,10-11H2,1H3,(H,18,19,21). The average molecular weight is 354 g/mol. The van der Waals surface area contributed by atoms with Crippen molar-refractivity contribution in [3.63, 3.8) is 0 Å². The predicted molar refractivity (Wildman–Crippen MR) is 95.8 cm³/mol. The van der Waals surface area contributed by atoms with Gasteiger partial charge in [-0.1, -0.05) is 22.8 Å². The smallest absolute Gasteiger partial charge is 0.248 e. The zero-order chi connectivity index (χ0) is 17.2. The summed E-state index contributed by atoms with van der Waals surface area (Å²) in [4.78, 5) is 15.8. The molecule has 0 fully saturated rings. The van der Waals surface area contributed by atoms with E-state index in [1.165, 1.54) is 16.0 Å². The fourth-order valence-corrected chi connectivity index (χ4v) is 3.77. The Morgan fingerprint density at radius 2 is 2.12 bits per heavy atom. The Bertz CT molecular complexity index is 885. The molecular weight excluding hydrogens is 336 g/mol.